The van der Waals surface area contributed by atoms with Gasteiger partial charge in [-0.3, -0.25) is 4.21 Å². The number of carbonyl (C=O) groups is 1. The number of rotatable bonds is 4. The standard InChI is InChI=1S/C10H10ClFO3S/c1-2-15-10(13)9(12)16(14)8-5-3-7(11)4-6-8/h3-6,9H,2H2,1H3. The van der Waals surface area contributed by atoms with Gasteiger partial charge in [-0.2, -0.15) is 0 Å². The number of esters is 1. The van der Waals surface area contributed by atoms with E-state index in [2.05, 4.69) is 4.74 Å². The lowest BCUT2D eigenvalue weighted by Gasteiger charge is -2.07. The maximum Gasteiger partial charge on any atom is 0.354 e. The largest absolute Gasteiger partial charge is 0.463 e. The van der Waals surface area contributed by atoms with Crippen molar-refractivity contribution in [2.24, 2.45) is 0 Å². The fourth-order valence-electron chi connectivity index (χ4n) is 0.983. The quantitative estimate of drug-likeness (QED) is 0.784. The van der Waals surface area contributed by atoms with Crippen molar-refractivity contribution in [1.82, 2.24) is 0 Å². The van der Waals surface area contributed by atoms with Crippen LogP contribution in [0, 0.1) is 0 Å². The zero-order chi connectivity index (χ0) is 12.1. The Labute approximate surface area is 100 Å². The Kier molecular flexibility index (Phi) is 4.89. The molecule has 2 unspecified atom stereocenters. The third kappa shape index (κ3) is 3.28. The van der Waals surface area contributed by atoms with Crippen LogP contribution in [0.15, 0.2) is 29.2 Å². The zero-order valence-electron chi connectivity index (χ0n) is 8.48. The maximum atomic E-state index is 13.4. The molecule has 0 heterocycles. The molecule has 1 aromatic carbocycles. The van der Waals surface area contributed by atoms with E-state index in [1.807, 2.05) is 0 Å². The number of hydrogen-bond acceptors (Lipinski definition) is 3. The van der Waals surface area contributed by atoms with Crippen LogP contribution in [-0.4, -0.2) is 22.3 Å². The van der Waals surface area contributed by atoms with E-state index in [4.69, 9.17) is 11.6 Å². The molecule has 0 aliphatic rings. The molecule has 1 aromatic rings. The molecular formula is C10H10ClFO3S. The van der Waals surface area contributed by atoms with Crippen LogP contribution in [0.25, 0.3) is 0 Å². The van der Waals surface area contributed by atoms with Gasteiger partial charge in [-0.1, -0.05) is 11.6 Å². The van der Waals surface area contributed by atoms with Gasteiger partial charge in [0.2, 0.25) is 0 Å². The molecule has 0 aliphatic heterocycles. The van der Waals surface area contributed by atoms with Gasteiger partial charge in [0.05, 0.1) is 17.4 Å². The smallest absolute Gasteiger partial charge is 0.354 e. The summed E-state index contributed by atoms with van der Waals surface area (Å²) in [5.41, 5.74) is -2.17. The molecule has 0 saturated carbocycles. The number of alkyl halides is 1. The molecule has 3 nitrogen and oxygen atoms in total. The highest BCUT2D eigenvalue weighted by molar-refractivity contribution is 7.86. The number of ether oxygens (including phenoxy) is 1. The van der Waals surface area contributed by atoms with E-state index in [0.717, 1.165) is 0 Å². The third-order valence-corrected chi connectivity index (χ3v) is 3.26. The van der Waals surface area contributed by atoms with Crippen LogP contribution < -0.4 is 0 Å². The molecule has 0 N–H and O–H groups in total. The molecule has 6 heteroatoms. The Morgan fingerprint density at radius 2 is 2.06 bits per heavy atom. The van der Waals surface area contributed by atoms with Crippen LogP contribution in [0.1, 0.15) is 6.92 Å². The van der Waals surface area contributed by atoms with Crippen molar-refractivity contribution in [3.8, 4) is 0 Å². The summed E-state index contributed by atoms with van der Waals surface area (Å²) >= 11 is 5.62. The highest BCUT2D eigenvalue weighted by Crippen LogP contribution is 2.16. The van der Waals surface area contributed by atoms with Crippen molar-refractivity contribution < 1.29 is 18.1 Å². The molecule has 0 spiro atoms. The second-order valence-electron chi connectivity index (χ2n) is 2.82. The van der Waals surface area contributed by atoms with Crippen LogP contribution in [0.2, 0.25) is 5.02 Å². The summed E-state index contributed by atoms with van der Waals surface area (Å²) in [7, 11) is -2.07. The summed E-state index contributed by atoms with van der Waals surface area (Å²) in [6.45, 7) is 1.60. The average molecular weight is 265 g/mol. The van der Waals surface area contributed by atoms with Gasteiger partial charge in [0.25, 0.3) is 5.50 Å². The Hall–Kier alpha value is -0.940. The second kappa shape index (κ2) is 5.96. The van der Waals surface area contributed by atoms with Gasteiger partial charge in [-0.25, -0.2) is 9.18 Å². The first-order valence-electron chi connectivity index (χ1n) is 4.53. The third-order valence-electron chi connectivity index (χ3n) is 1.71. The van der Waals surface area contributed by atoms with Gasteiger partial charge in [0, 0.05) is 9.92 Å². The topological polar surface area (TPSA) is 43.4 Å². The summed E-state index contributed by atoms with van der Waals surface area (Å²) in [4.78, 5) is 11.2. The summed E-state index contributed by atoms with van der Waals surface area (Å²) in [6, 6.07) is 5.77. The van der Waals surface area contributed by atoms with Crippen molar-refractivity contribution in [3.63, 3.8) is 0 Å². The number of carbonyl (C=O) groups excluding carboxylic acids is 1. The number of benzene rings is 1. The van der Waals surface area contributed by atoms with Crippen molar-refractivity contribution >= 4 is 28.4 Å². The molecule has 0 aromatic heterocycles. The minimum absolute atomic E-state index is 0.0526. The molecule has 0 amide bonds. The van der Waals surface area contributed by atoms with Crippen LogP contribution in [0.5, 0.6) is 0 Å². The number of hydrogen-bond donors (Lipinski definition) is 0. The van der Waals surface area contributed by atoms with Crippen molar-refractivity contribution in [2.45, 2.75) is 17.3 Å². The first kappa shape index (κ1) is 13.1. The van der Waals surface area contributed by atoms with E-state index in [1.165, 1.54) is 24.3 Å². The Morgan fingerprint density at radius 1 is 1.50 bits per heavy atom. The van der Waals surface area contributed by atoms with Crippen LogP contribution in [0.3, 0.4) is 0 Å². The number of halogens is 2. The van der Waals surface area contributed by atoms with E-state index in [-0.39, 0.29) is 11.5 Å². The minimum Gasteiger partial charge on any atom is -0.463 e. The van der Waals surface area contributed by atoms with Crippen LogP contribution in [0.4, 0.5) is 4.39 Å². The molecular weight excluding hydrogens is 255 g/mol. The van der Waals surface area contributed by atoms with Gasteiger partial charge >= 0.3 is 5.97 Å². The molecule has 0 radical (unpaired) electrons. The lowest BCUT2D eigenvalue weighted by Crippen LogP contribution is -2.23. The van der Waals surface area contributed by atoms with Gasteiger partial charge < -0.3 is 4.74 Å². The Morgan fingerprint density at radius 3 is 2.56 bits per heavy atom. The second-order valence-corrected chi connectivity index (χ2v) is 4.74. The maximum absolute atomic E-state index is 13.4. The molecule has 0 aliphatic carbocycles. The van der Waals surface area contributed by atoms with Crippen molar-refractivity contribution in [1.29, 1.82) is 0 Å². The molecule has 88 valence electrons. The fraction of sp³-hybridized carbons (Fsp3) is 0.300. The fourth-order valence-corrected chi connectivity index (χ4v) is 2.00. The summed E-state index contributed by atoms with van der Waals surface area (Å²) < 4.78 is 29.4. The van der Waals surface area contributed by atoms with Gasteiger partial charge in [0.15, 0.2) is 0 Å². The summed E-state index contributed by atoms with van der Waals surface area (Å²) in [5.74, 6) is -1.12. The van der Waals surface area contributed by atoms with E-state index in [1.54, 1.807) is 6.92 Å². The first-order chi connectivity index (χ1) is 7.56. The lowest BCUT2D eigenvalue weighted by molar-refractivity contribution is -0.145. The van der Waals surface area contributed by atoms with E-state index in [0.29, 0.717) is 5.02 Å². The molecule has 0 saturated heterocycles. The van der Waals surface area contributed by atoms with Crippen molar-refractivity contribution in [3.05, 3.63) is 29.3 Å². The summed E-state index contributed by atoms with van der Waals surface area (Å²) in [6.07, 6.45) is 0. The zero-order valence-corrected chi connectivity index (χ0v) is 10.1. The highest BCUT2D eigenvalue weighted by atomic mass is 35.5. The molecule has 0 bridgehead atoms. The predicted octanol–water partition coefficient (Wildman–Crippen LogP) is 2.31. The molecule has 16 heavy (non-hydrogen) atoms. The lowest BCUT2D eigenvalue weighted by atomic mass is 10.4. The van der Waals surface area contributed by atoms with Crippen molar-refractivity contribution in [2.75, 3.05) is 6.61 Å². The predicted molar refractivity (Wildman–Crippen MR) is 59.4 cm³/mol. The average Bonchev–Trinajstić information content (AvgIpc) is 2.28. The molecule has 2 atom stereocenters. The Balaban J connectivity index is 2.78. The first-order valence-corrected chi connectivity index (χ1v) is 6.12. The monoisotopic (exact) mass is 264 g/mol. The van der Waals surface area contributed by atoms with Gasteiger partial charge in [-0.05, 0) is 31.2 Å². The SMILES string of the molecule is CCOC(=O)C(F)S(=O)c1ccc(Cl)cc1. The normalized spacial score (nSPS) is 14.2. The molecule has 0 fully saturated rings. The van der Waals surface area contributed by atoms with Crippen LogP contribution >= 0.6 is 11.6 Å². The van der Waals surface area contributed by atoms with E-state index in [9.17, 15) is 13.4 Å². The van der Waals surface area contributed by atoms with Gasteiger partial charge in [0.1, 0.15) is 0 Å². The van der Waals surface area contributed by atoms with Gasteiger partial charge in [-0.15, -0.1) is 0 Å². The highest BCUT2D eigenvalue weighted by Gasteiger charge is 2.26. The van der Waals surface area contributed by atoms with Crippen LogP contribution in [-0.2, 0) is 20.3 Å². The van der Waals surface area contributed by atoms with E-state index < -0.39 is 22.3 Å². The van der Waals surface area contributed by atoms with E-state index >= 15 is 0 Å². The minimum atomic E-state index is -2.17. The Bertz CT molecular complexity index is 394. The summed E-state index contributed by atoms with van der Waals surface area (Å²) in [5, 5.41) is 0.451. The molecule has 1 rings (SSSR count).